The number of rotatable bonds is 4. The first-order valence-electron chi connectivity index (χ1n) is 5.07. The van der Waals surface area contributed by atoms with Gasteiger partial charge in [0.05, 0.1) is 12.5 Å². The van der Waals surface area contributed by atoms with E-state index < -0.39 is 6.10 Å². The summed E-state index contributed by atoms with van der Waals surface area (Å²) in [4.78, 5) is 11.5. The lowest BCUT2D eigenvalue weighted by molar-refractivity contribution is -0.155. The van der Waals surface area contributed by atoms with E-state index in [4.69, 9.17) is 9.84 Å². The van der Waals surface area contributed by atoms with Gasteiger partial charge in [0.25, 0.3) is 0 Å². The molecule has 0 aromatic carbocycles. The molecule has 0 fully saturated rings. The Morgan fingerprint density at radius 1 is 1.36 bits per heavy atom. The number of esters is 1. The highest BCUT2D eigenvalue weighted by Gasteiger charge is 2.23. The highest BCUT2D eigenvalue weighted by Crippen LogP contribution is 2.24. The van der Waals surface area contributed by atoms with Gasteiger partial charge < -0.3 is 9.84 Å². The molecule has 0 saturated heterocycles. The fourth-order valence-electron chi connectivity index (χ4n) is 1.35. The van der Waals surface area contributed by atoms with Crippen molar-refractivity contribution in [3.63, 3.8) is 0 Å². The first-order valence-corrected chi connectivity index (χ1v) is 5.07. The maximum Gasteiger partial charge on any atom is 0.309 e. The van der Waals surface area contributed by atoms with E-state index in [1.165, 1.54) is 0 Å². The predicted molar refractivity (Wildman–Crippen MR) is 55.9 cm³/mol. The average molecular weight is 202 g/mol. The predicted octanol–water partition coefficient (Wildman–Crippen LogP) is 1.98. The molecule has 2 atom stereocenters. The number of aliphatic hydroxyl groups excluding tert-OH is 1. The Morgan fingerprint density at radius 2 is 1.86 bits per heavy atom. The highest BCUT2D eigenvalue weighted by molar-refractivity contribution is 5.72. The van der Waals surface area contributed by atoms with E-state index in [0.29, 0.717) is 0 Å². The minimum Gasteiger partial charge on any atom is -0.460 e. The van der Waals surface area contributed by atoms with Gasteiger partial charge in [-0.3, -0.25) is 4.79 Å². The van der Waals surface area contributed by atoms with Gasteiger partial charge in [0.2, 0.25) is 0 Å². The Balaban J connectivity index is 4.00. The number of carbonyl (C=O) groups is 1. The number of hydrogen-bond acceptors (Lipinski definition) is 3. The van der Waals surface area contributed by atoms with Gasteiger partial charge in [-0.1, -0.05) is 27.7 Å². The van der Waals surface area contributed by atoms with Crippen LogP contribution >= 0.6 is 0 Å². The Morgan fingerprint density at radius 3 is 2.21 bits per heavy atom. The molecule has 14 heavy (non-hydrogen) atoms. The molecular formula is C11H22O3. The lowest BCUT2D eigenvalue weighted by Crippen LogP contribution is -2.25. The quantitative estimate of drug-likeness (QED) is 0.709. The van der Waals surface area contributed by atoms with Crippen LogP contribution in [0.15, 0.2) is 0 Å². The molecule has 0 radical (unpaired) electrons. The summed E-state index contributed by atoms with van der Waals surface area (Å²) in [6.07, 6.45) is 0.397. The molecule has 0 aromatic heterocycles. The van der Waals surface area contributed by atoms with Gasteiger partial charge in [-0.05, 0) is 18.8 Å². The van der Waals surface area contributed by atoms with Crippen LogP contribution in [0.4, 0.5) is 0 Å². The Bertz CT molecular complexity index is 181. The van der Waals surface area contributed by atoms with Gasteiger partial charge in [-0.2, -0.15) is 0 Å². The van der Waals surface area contributed by atoms with Crippen LogP contribution in [0.1, 0.15) is 41.0 Å². The number of carbonyl (C=O) groups excluding carboxylic acids is 1. The average Bonchev–Trinajstić information content (AvgIpc) is 2.00. The molecule has 0 spiro atoms. The number of hydrogen-bond donors (Lipinski definition) is 1. The summed E-state index contributed by atoms with van der Waals surface area (Å²) in [5.41, 5.74) is 0.126. The van der Waals surface area contributed by atoms with Crippen molar-refractivity contribution in [2.24, 2.45) is 11.3 Å². The van der Waals surface area contributed by atoms with Gasteiger partial charge >= 0.3 is 5.97 Å². The van der Waals surface area contributed by atoms with Gasteiger partial charge in [0, 0.05) is 0 Å². The third kappa shape index (κ3) is 5.97. The van der Waals surface area contributed by atoms with Crippen molar-refractivity contribution < 1.29 is 14.6 Å². The first-order chi connectivity index (χ1) is 6.26. The zero-order chi connectivity index (χ0) is 11.4. The smallest absolute Gasteiger partial charge is 0.309 e. The van der Waals surface area contributed by atoms with Crippen LogP contribution in [0.2, 0.25) is 0 Å². The van der Waals surface area contributed by atoms with Crippen molar-refractivity contribution in [1.82, 2.24) is 0 Å². The van der Waals surface area contributed by atoms with E-state index >= 15 is 0 Å². The molecule has 0 aromatic rings. The second-order valence-electron chi connectivity index (χ2n) is 5.10. The summed E-state index contributed by atoms with van der Waals surface area (Å²) in [5, 5.41) is 8.72. The molecule has 0 aliphatic rings. The van der Waals surface area contributed by atoms with E-state index in [2.05, 4.69) is 20.8 Å². The standard InChI is InChI=1S/C11H22O3/c1-8(6-11(3,4)5)10(13)14-9(2)7-12/h8-9,12H,6-7H2,1-5H3. The van der Waals surface area contributed by atoms with E-state index in [0.717, 1.165) is 6.42 Å². The second kappa shape index (κ2) is 5.35. The molecule has 84 valence electrons. The zero-order valence-electron chi connectivity index (χ0n) is 9.83. The molecule has 1 N–H and O–H groups in total. The van der Waals surface area contributed by atoms with E-state index in [9.17, 15) is 4.79 Å². The zero-order valence-corrected chi connectivity index (χ0v) is 9.83. The van der Waals surface area contributed by atoms with Crippen LogP contribution in [0.25, 0.3) is 0 Å². The monoisotopic (exact) mass is 202 g/mol. The van der Waals surface area contributed by atoms with Crippen molar-refractivity contribution in [2.45, 2.75) is 47.1 Å². The maximum atomic E-state index is 11.5. The molecule has 0 bridgehead atoms. The number of ether oxygens (including phenoxy) is 1. The third-order valence-corrected chi connectivity index (χ3v) is 1.90. The summed E-state index contributed by atoms with van der Waals surface area (Å²) in [6.45, 7) is 9.69. The molecule has 3 heteroatoms. The van der Waals surface area contributed by atoms with Gasteiger partial charge in [0.1, 0.15) is 6.10 Å². The lowest BCUT2D eigenvalue weighted by atomic mass is 9.85. The van der Waals surface area contributed by atoms with Gasteiger partial charge in [-0.25, -0.2) is 0 Å². The summed E-state index contributed by atoms with van der Waals surface area (Å²) in [7, 11) is 0. The number of aliphatic hydroxyl groups is 1. The largest absolute Gasteiger partial charge is 0.460 e. The molecule has 0 saturated carbocycles. The Labute approximate surface area is 86.5 Å². The van der Waals surface area contributed by atoms with E-state index in [-0.39, 0.29) is 23.9 Å². The summed E-state index contributed by atoms with van der Waals surface area (Å²) in [5.74, 6) is -0.328. The van der Waals surface area contributed by atoms with Gasteiger partial charge in [-0.15, -0.1) is 0 Å². The summed E-state index contributed by atoms with van der Waals surface area (Å²) >= 11 is 0. The topological polar surface area (TPSA) is 46.5 Å². The van der Waals surface area contributed by atoms with E-state index in [1.807, 2.05) is 6.92 Å². The normalized spacial score (nSPS) is 16.1. The molecular weight excluding hydrogens is 180 g/mol. The van der Waals surface area contributed by atoms with Crippen molar-refractivity contribution in [1.29, 1.82) is 0 Å². The molecule has 0 aliphatic heterocycles. The lowest BCUT2D eigenvalue weighted by Gasteiger charge is -2.23. The molecule has 2 unspecified atom stereocenters. The SMILES string of the molecule is CC(CO)OC(=O)C(C)CC(C)(C)C. The van der Waals surface area contributed by atoms with Crippen LogP contribution in [0, 0.1) is 11.3 Å². The van der Waals surface area contributed by atoms with E-state index in [1.54, 1.807) is 6.92 Å². The molecule has 0 rings (SSSR count). The fourth-order valence-corrected chi connectivity index (χ4v) is 1.35. The second-order valence-corrected chi connectivity index (χ2v) is 5.10. The van der Waals surface area contributed by atoms with Crippen molar-refractivity contribution in [3.05, 3.63) is 0 Å². The van der Waals surface area contributed by atoms with Crippen LogP contribution < -0.4 is 0 Å². The van der Waals surface area contributed by atoms with Crippen molar-refractivity contribution in [2.75, 3.05) is 6.61 Å². The molecule has 3 nitrogen and oxygen atoms in total. The minimum absolute atomic E-state index is 0.107. The minimum atomic E-state index is -0.398. The molecule has 0 amide bonds. The maximum absolute atomic E-state index is 11.5. The summed E-state index contributed by atoms with van der Waals surface area (Å²) in [6, 6.07) is 0. The van der Waals surface area contributed by atoms with Crippen LogP contribution in [0.5, 0.6) is 0 Å². The highest BCUT2D eigenvalue weighted by atomic mass is 16.6. The van der Waals surface area contributed by atoms with Crippen molar-refractivity contribution >= 4 is 5.97 Å². The van der Waals surface area contributed by atoms with Crippen molar-refractivity contribution in [3.8, 4) is 0 Å². The van der Waals surface area contributed by atoms with Crippen LogP contribution in [-0.4, -0.2) is 23.8 Å². The molecule has 0 heterocycles. The van der Waals surface area contributed by atoms with Crippen LogP contribution in [-0.2, 0) is 9.53 Å². The first kappa shape index (κ1) is 13.4. The summed E-state index contributed by atoms with van der Waals surface area (Å²) < 4.78 is 5.02. The third-order valence-electron chi connectivity index (χ3n) is 1.90. The fraction of sp³-hybridized carbons (Fsp3) is 0.909. The molecule has 0 aliphatic carbocycles. The Hall–Kier alpha value is -0.570. The Kier molecular flexibility index (Phi) is 5.13. The van der Waals surface area contributed by atoms with Gasteiger partial charge in [0.15, 0.2) is 0 Å². The van der Waals surface area contributed by atoms with Crippen LogP contribution in [0.3, 0.4) is 0 Å².